The van der Waals surface area contributed by atoms with Crippen molar-refractivity contribution in [2.24, 2.45) is 0 Å². The summed E-state index contributed by atoms with van der Waals surface area (Å²) in [7, 11) is -2.29. The van der Waals surface area contributed by atoms with Crippen molar-refractivity contribution in [3.63, 3.8) is 0 Å². The van der Waals surface area contributed by atoms with Crippen molar-refractivity contribution in [1.29, 1.82) is 0 Å². The van der Waals surface area contributed by atoms with Crippen LogP contribution in [0.3, 0.4) is 0 Å². The van der Waals surface area contributed by atoms with Crippen molar-refractivity contribution in [3.8, 4) is 0 Å². The van der Waals surface area contributed by atoms with E-state index in [4.69, 9.17) is 4.43 Å². The minimum atomic E-state index is -2.29. The molecule has 1 heterocycles. The molecule has 0 saturated carbocycles. The third-order valence-electron chi connectivity index (χ3n) is 4.13. The largest absolute Gasteiger partial charge is 0.396 e. The molecule has 108 valence electrons. The molecular formula is C19H22OSi. The molecule has 0 radical (unpaired) electrons. The van der Waals surface area contributed by atoms with Gasteiger partial charge >= 0.3 is 0 Å². The molecule has 1 aliphatic heterocycles. The van der Waals surface area contributed by atoms with Gasteiger partial charge in [0.2, 0.25) is 0 Å². The standard InChI is InChI=1S/C19H22OSi/c1-4-16-15-19(2,3)20-21(16,17-11-7-5-8-12-17)18-13-9-6-10-14-18/h5-15H,4H2,1-3H3. The summed E-state index contributed by atoms with van der Waals surface area (Å²) in [6.45, 7) is 6.58. The van der Waals surface area contributed by atoms with Crippen LogP contribution in [-0.4, -0.2) is 13.9 Å². The van der Waals surface area contributed by atoms with Gasteiger partial charge in [0.15, 0.2) is 0 Å². The van der Waals surface area contributed by atoms with E-state index in [9.17, 15) is 0 Å². The van der Waals surface area contributed by atoms with E-state index >= 15 is 0 Å². The lowest BCUT2D eigenvalue weighted by molar-refractivity contribution is 0.172. The first-order valence-electron chi connectivity index (χ1n) is 7.62. The Morgan fingerprint density at radius 2 is 1.33 bits per heavy atom. The molecule has 0 saturated heterocycles. The Hall–Kier alpha value is -1.64. The molecule has 0 amide bonds. The maximum absolute atomic E-state index is 6.76. The molecule has 2 aromatic rings. The Balaban J connectivity index is 2.25. The number of hydrogen-bond donors (Lipinski definition) is 0. The Labute approximate surface area is 128 Å². The highest BCUT2D eigenvalue weighted by Gasteiger charge is 2.50. The fourth-order valence-corrected chi connectivity index (χ4v) is 8.03. The molecule has 0 spiro atoms. The van der Waals surface area contributed by atoms with Crippen LogP contribution in [-0.2, 0) is 4.43 Å². The SMILES string of the molecule is CCC1=CC(C)(C)O[Si]1(c1ccccc1)c1ccccc1. The van der Waals surface area contributed by atoms with Crippen molar-refractivity contribution in [1.82, 2.24) is 0 Å². The van der Waals surface area contributed by atoms with Crippen LogP contribution in [0.4, 0.5) is 0 Å². The third-order valence-corrected chi connectivity index (χ3v) is 8.66. The van der Waals surface area contributed by atoms with E-state index < -0.39 is 8.32 Å². The van der Waals surface area contributed by atoms with Crippen LogP contribution in [0.5, 0.6) is 0 Å². The van der Waals surface area contributed by atoms with Gasteiger partial charge in [-0.15, -0.1) is 0 Å². The van der Waals surface area contributed by atoms with Crippen LogP contribution in [0.1, 0.15) is 27.2 Å². The first-order chi connectivity index (χ1) is 10.1. The van der Waals surface area contributed by atoms with Crippen LogP contribution in [0, 0.1) is 0 Å². The van der Waals surface area contributed by atoms with Crippen LogP contribution >= 0.6 is 0 Å². The van der Waals surface area contributed by atoms with E-state index in [-0.39, 0.29) is 5.60 Å². The van der Waals surface area contributed by atoms with E-state index in [1.54, 1.807) is 0 Å². The smallest absolute Gasteiger partial charge is 0.284 e. The normalized spacial score (nSPS) is 19.3. The highest BCUT2D eigenvalue weighted by molar-refractivity contribution is 7.03. The fourth-order valence-electron chi connectivity index (χ4n) is 3.36. The van der Waals surface area contributed by atoms with Crippen molar-refractivity contribution in [2.45, 2.75) is 32.8 Å². The molecule has 0 atom stereocenters. The predicted molar refractivity (Wildman–Crippen MR) is 91.4 cm³/mol. The lowest BCUT2D eigenvalue weighted by atomic mass is 10.1. The zero-order valence-corrected chi connectivity index (χ0v) is 14.0. The van der Waals surface area contributed by atoms with Gasteiger partial charge in [-0.2, -0.15) is 0 Å². The second kappa shape index (κ2) is 5.28. The van der Waals surface area contributed by atoms with Crippen LogP contribution < -0.4 is 10.4 Å². The van der Waals surface area contributed by atoms with Crippen LogP contribution in [0.15, 0.2) is 71.9 Å². The summed E-state index contributed by atoms with van der Waals surface area (Å²) < 4.78 is 6.76. The van der Waals surface area contributed by atoms with Gasteiger partial charge in [0.05, 0.1) is 5.60 Å². The van der Waals surface area contributed by atoms with Gasteiger partial charge in [0.25, 0.3) is 8.32 Å². The summed E-state index contributed by atoms with van der Waals surface area (Å²) in [5.41, 5.74) is -0.191. The molecule has 2 aromatic carbocycles. The molecule has 2 heteroatoms. The van der Waals surface area contributed by atoms with Gasteiger partial charge in [0.1, 0.15) is 0 Å². The van der Waals surface area contributed by atoms with E-state index in [1.807, 2.05) is 0 Å². The Morgan fingerprint density at radius 3 is 1.76 bits per heavy atom. The van der Waals surface area contributed by atoms with E-state index in [2.05, 4.69) is 87.5 Å². The average Bonchev–Trinajstić information content (AvgIpc) is 2.81. The van der Waals surface area contributed by atoms with Gasteiger partial charge in [0, 0.05) is 0 Å². The van der Waals surface area contributed by atoms with Crippen LogP contribution in [0.25, 0.3) is 0 Å². The summed E-state index contributed by atoms with van der Waals surface area (Å²) >= 11 is 0. The topological polar surface area (TPSA) is 9.23 Å². The van der Waals surface area contributed by atoms with E-state index in [0.29, 0.717) is 0 Å². The molecule has 3 rings (SSSR count). The van der Waals surface area contributed by atoms with Gasteiger partial charge in [-0.3, -0.25) is 0 Å². The second-order valence-corrected chi connectivity index (χ2v) is 9.51. The number of allylic oxidation sites excluding steroid dienone is 1. The summed E-state index contributed by atoms with van der Waals surface area (Å²) in [4.78, 5) is 0. The Morgan fingerprint density at radius 1 is 0.857 bits per heavy atom. The van der Waals surface area contributed by atoms with E-state index in [0.717, 1.165) is 6.42 Å². The lowest BCUT2D eigenvalue weighted by Gasteiger charge is -2.33. The minimum absolute atomic E-state index is 0.191. The van der Waals surface area contributed by atoms with Crippen molar-refractivity contribution >= 4 is 18.7 Å². The zero-order valence-electron chi connectivity index (χ0n) is 13.0. The molecule has 0 aliphatic carbocycles. The first-order valence-corrected chi connectivity index (χ1v) is 9.53. The zero-order chi connectivity index (χ0) is 14.9. The summed E-state index contributed by atoms with van der Waals surface area (Å²) in [6, 6.07) is 21.5. The number of benzene rings is 2. The Kier molecular flexibility index (Phi) is 3.60. The Bertz CT molecular complexity index is 604. The van der Waals surface area contributed by atoms with Gasteiger partial charge in [-0.05, 0) is 35.8 Å². The van der Waals surface area contributed by atoms with Crippen molar-refractivity contribution in [2.75, 3.05) is 0 Å². The lowest BCUT2D eigenvalue weighted by Crippen LogP contribution is -2.62. The maximum atomic E-state index is 6.76. The highest BCUT2D eigenvalue weighted by atomic mass is 28.4. The molecule has 21 heavy (non-hydrogen) atoms. The average molecular weight is 294 g/mol. The van der Waals surface area contributed by atoms with Gasteiger partial charge < -0.3 is 4.43 Å². The fraction of sp³-hybridized carbons (Fsp3) is 0.263. The predicted octanol–water partition coefficient (Wildman–Crippen LogP) is 3.43. The summed E-state index contributed by atoms with van der Waals surface area (Å²) in [5.74, 6) is 0. The molecule has 1 aliphatic rings. The molecule has 0 fully saturated rings. The highest BCUT2D eigenvalue weighted by Crippen LogP contribution is 2.35. The monoisotopic (exact) mass is 294 g/mol. The van der Waals surface area contributed by atoms with Crippen molar-refractivity contribution in [3.05, 3.63) is 71.9 Å². The quantitative estimate of drug-likeness (QED) is 0.788. The molecule has 0 aromatic heterocycles. The van der Waals surface area contributed by atoms with Crippen molar-refractivity contribution < 1.29 is 4.43 Å². The number of hydrogen-bond acceptors (Lipinski definition) is 1. The van der Waals surface area contributed by atoms with Crippen LogP contribution in [0.2, 0.25) is 0 Å². The number of rotatable bonds is 3. The molecule has 0 N–H and O–H groups in total. The summed E-state index contributed by atoms with van der Waals surface area (Å²) in [5, 5.41) is 4.16. The molecule has 0 unspecified atom stereocenters. The minimum Gasteiger partial charge on any atom is -0.396 e. The molecule has 0 bridgehead atoms. The first kappa shape index (κ1) is 14.3. The van der Waals surface area contributed by atoms with E-state index in [1.165, 1.54) is 15.6 Å². The maximum Gasteiger partial charge on any atom is 0.284 e. The summed E-state index contributed by atoms with van der Waals surface area (Å²) in [6.07, 6.45) is 3.39. The third kappa shape index (κ3) is 2.39. The molecule has 1 nitrogen and oxygen atoms in total. The molecular weight excluding hydrogens is 272 g/mol. The van der Waals surface area contributed by atoms with Gasteiger partial charge in [-0.25, -0.2) is 0 Å². The van der Waals surface area contributed by atoms with Gasteiger partial charge in [-0.1, -0.05) is 73.7 Å². The second-order valence-electron chi connectivity index (χ2n) is 6.14.